The molecule has 32 heavy (non-hydrogen) atoms. The zero-order valence-corrected chi connectivity index (χ0v) is 17.0. The van der Waals surface area contributed by atoms with Crippen molar-refractivity contribution in [1.29, 1.82) is 0 Å². The van der Waals surface area contributed by atoms with Crippen molar-refractivity contribution < 1.29 is 17.6 Å². The van der Waals surface area contributed by atoms with Gasteiger partial charge in [-0.15, -0.1) is 10.2 Å². The lowest BCUT2D eigenvalue weighted by atomic mass is 10.00. The van der Waals surface area contributed by atoms with Crippen LogP contribution in [0.4, 0.5) is 23.4 Å². The van der Waals surface area contributed by atoms with Gasteiger partial charge in [0.05, 0.1) is 17.4 Å². The number of rotatable bonds is 4. The van der Waals surface area contributed by atoms with E-state index in [-0.39, 0.29) is 22.5 Å². The molecule has 0 atom stereocenters. The molecule has 2 aromatic heterocycles. The Morgan fingerprint density at radius 3 is 2.72 bits per heavy atom. The van der Waals surface area contributed by atoms with Crippen LogP contribution in [0, 0.1) is 36.3 Å². The summed E-state index contributed by atoms with van der Waals surface area (Å²) in [6.07, 6.45) is -0.593. The van der Waals surface area contributed by atoms with E-state index in [1.165, 1.54) is 22.6 Å². The fourth-order valence-corrected chi connectivity index (χ4v) is 3.59. The summed E-state index contributed by atoms with van der Waals surface area (Å²) in [5.74, 6) is 5.63. The lowest BCUT2D eigenvalue weighted by Gasteiger charge is -2.14. The number of nitrogens with zero attached hydrogens (tertiary/aromatic N) is 4. The molecule has 0 saturated heterocycles. The third-order valence-corrected chi connectivity index (χ3v) is 5.25. The van der Waals surface area contributed by atoms with Gasteiger partial charge in [0, 0.05) is 17.0 Å². The van der Waals surface area contributed by atoms with Crippen molar-refractivity contribution in [3.8, 4) is 23.0 Å². The van der Waals surface area contributed by atoms with E-state index in [1.807, 2.05) is 0 Å². The molecule has 0 radical (unpaired) electrons. The smallest absolute Gasteiger partial charge is 0.257 e. The number of hydrogen-bond acceptors (Lipinski definition) is 4. The second-order valence-corrected chi connectivity index (χ2v) is 7.71. The molecule has 162 valence electrons. The Morgan fingerprint density at radius 2 is 1.97 bits per heavy atom. The summed E-state index contributed by atoms with van der Waals surface area (Å²) >= 11 is 0. The van der Waals surface area contributed by atoms with Crippen LogP contribution in [0.2, 0.25) is 0 Å². The Kier molecular flexibility index (Phi) is 4.93. The minimum absolute atomic E-state index is 0.00609. The summed E-state index contributed by atoms with van der Waals surface area (Å²) in [5, 5.41) is 10.3. The number of benzene rings is 2. The standard InChI is InChI=1S/C23H17F4N5/c1-12-30-31-23-29-22(28-11-19(25)26)20-18(32(12)23)7-6-17(21(20)27)15-8-14(9-16(24)10-15)5-4-13-2-3-13/h6-10,13,19H,2-3,11H2,1H3,(H,28,29,31). The number of fused-ring (bicyclic) bond motifs is 3. The largest absolute Gasteiger partial charge is 0.364 e. The minimum Gasteiger partial charge on any atom is -0.364 e. The minimum atomic E-state index is -2.66. The quantitative estimate of drug-likeness (QED) is 0.360. The number of halogens is 4. The zero-order valence-electron chi connectivity index (χ0n) is 17.0. The third kappa shape index (κ3) is 3.73. The van der Waals surface area contributed by atoms with Crippen LogP contribution in [0.15, 0.2) is 30.3 Å². The average molecular weight is 439 g/mol. The first-order valence-corrected chi connectivity index (χ1v) is 10.1. The summed E-state index contributed by atoms with van der Waals surface area (Å²) < 4.78 is 57.3. The van der Waals surface area contributed by atoms with Gasteiger partial charge in [-0.05, 0) is 55.7 Å². The van der Waals surface area contributed by atoms with E-state index in [4.69, 9.17) is 0 Å². The molecule has 0 aliphatic heterocycles. The maximum absolute atomic E-state index is 15.8. The number of nitrogens with one attached hydrogen (secondary N) is 1. The van der Waals surface area contributed by atoms with Gasteiger partial charge in [-0.2, -0.15) is 4.98 Å². The highest BCUT2D eigenvalue weighted by molar-refractivity contribution is 5.95. The molecule has 4 aromatic rings. The highest BCUT2D eigenvalue weighted by Gasteiger charge is 2.20. The summed E-state index contributed by atoms with van der Waals surface area (Å²) in [6.45, 7) is 0.965. The lowest BCUT2D eigenvalue weighted by molar-refractivity contribution is 0.163. The number of anilines is 1. The number of hydrogen-bond donors (Lipinski definition) is 1. The predicted octanol–water partition coefficient (Wildman–Crippen LogP) is 4.97. The van der Waals surface area contributed by atoms with Crippen molar-refractivity contribution in [2.45, 2.75) is 26.2 Å². The summed E-state index contributed by atoms with van der Waals surface area (Å²) in [6, 6.07) is 7.27. The maximum Gasteiger partial charge on any atom is 0.257 e. The second-order valence-electron chi connectivity index (χ2n) is 7.71. The molecular formula is C23H17F4N5. The number of alkyl halides is 2. The molecule has 1 aliphatic rings. The van der Waals surface area contributed by atoms with Gasteiger partial charge in [-0.25, -0.2) is 17.6 Å². The molecule has 5 rings (SSSR count). The molecule has 0 bridgehead atoms. The van der Waals surface area contributed by atoms with Gasteiger partial charge < -0.3 is 5.32 Å². The molecule has 0 spiro atoms. The predicted molar refractivity (Wildman–Crippen MR) is 112 cm³/mol. The van der Waals surface area contributed by atoms with Gasteiger partial charge in [0.1, 0.15) is 23.3 Å². The second kappa shape index (κ2) is 7.79. The van der Waals surface area contributed by atoms with Crippen LogP contribution in [0.3, 0.4) is 0 Å². The van der Waals surface area contributed by atoms with E-state index in [1.54, 1.807) is 19.1 Å². The average Bonchev–Trinajstić information content (AvgIpc) is 3.51. The van der Waals surface area contributed by atoms with Gasteiger partial charge in [-0.1, -0.05) is 11.8 Å². The van der Waals surface area contributed by atoms with Gasteiger partial charge >= 0.3 is 0 Å². The fraction of sp³-hybridized carbons (Fsp3) is 0.261. The Bertz CT molecular complexity index is 1410. The lowest BCUT2D eigenvalue weighted by Crippen LogP contribution is -2.13. The van der Waals surface area contributed by atoms with Gasteiger partial charge in [-0.3, -0.25) is 4.40 Å². The Hall–Kier alpha value is -3.67. The van der Waals surface area contributed by atoms with Crippen molar-refractivity contribution in [2.24, 2.45) is 5.92 Å². The van der Waals surface area contributed by atoms with Crippen LogP contribution in [0.5, 0.6) is 0 Å². The van der Waals surface area contributed by atoms with Gasteiger partial charge in [0.2, 0.25) is 0 Å². The molecule has 1 N–H and O–H groups in total. The van der Waals surface area contributed by atoms with E-state index < -0.39 is 24.6 Å². The fourth-order valence-electron chi connectivity index (χ4n) is 3.59. The van der Waals surface area contributed by atoms with Crippen LogP contribution < -0.4 is 5.32 Å². The first-order valence-electron chi connectivity index (χ1n) is 10.1. The topological polar surface area (TPSA) is 55.1 Å². The molecule has 9 heteroatoms. The first kappa shape index (κ1) is 20.2. The summed E-state index contributed by atoms with van der Waals surface area (Å²) in [5.41, 5.74) is 1.22. The first-order chi connectivity index (χ1) is 15.4. The number of aromatic nitrogens is 4. The van der Waals surface area contributed by atoms with Crippen molar-refractivity contribution in [2.75, 3.05) is 11.9 Å². The molecule has 0 unspecified atom stereocenters. The van der Waals surface area contributed by atoms with E-state index in [9.17, 15) is 13.2 Å². The van der Waals surface area contributed by atoms with Crippen molar-refractivity contribution >= 4 is 22.5 Å². The van der Waals surface area contributed by atoms with E-state index >= 15 is 4.39 Å². The Labute approximate surface area is 180 Å². The highest BCUT2D eigenvalue weighted by Crippen LogP contribution is 2.34. The normalized spacial score (nSPS) is 13.6. The Morgan fingerprint density at radius 1 is 1.16 bits per heavy atom. The van der Waals surface area contributed by atoms with Gasteiger partial charge in [0.25, 0.3) is 12.2 Å². The van der Waals surface area contributed by atoms with Crippen LogP contribution in [-0.4, -0.2) is 32.6 Å². The molecule has 5 nitrogen and oxygen atoms in total. The van der Waals surface area contributed by atoms with Crippen LogP contribution in [0.1, 0.15) is 24.2 Å². The van der Waals surface area contributed by atoms with E-state index in [0.29, 0.717) is 28.4 Å². The van der Waals surface area contributed by atoms with E-state index in [2.05, 4.69) is 32.3 Å². The summed E-state index contributed by atoms with van der Waals surface area (Å²) in [4.78, 5) is 4.19. The van der Waals surface area contributed by atoms with Crippen molar-refractivity contribution in [1.82, 2.24) is 19.6 Å². The van der Waals surface area contributed by atoms with Crippen molar-refractivity contribution in [3.05, 3.63) is 53.4 Å². The maximum atomic E-state index is 15.8. The van der Waals surface area contributed by atoms with Gasteiger partial charge in [0.15, 0.2) is 0 Å². The monoisotopic (exact) mass is 439 g/mol. The molecule has 2 aromatic carbocycles. The SMILES string of the molecule is Cc1nnc2nc(NCC(F)F)c3c(F)c(-c4cc(F)cc(C#CC5CC5)c4)ccc3n12. The zero-order chi connectivity index (χ0) is 22.4. The highest BCUT2D eigenvalue weighted by atomic mass is 19.3. The van der Waals surface area contributed by atoms with E-state index in [0.717, 1.165) is 12.8 Å². The molecular weight excluding hydrogens is 422 g/mol. The van der Waals surface area contributed by atoms with Crippen LogP contribution in [-0.2, 0) is 0 Å². The van der Waals surface area contributed by atoms with Crippen LogP contribution in [0.25, 0.3) is 27.8 Å². The summed E-state index contributed by atoms with van der Waals surface area (Å²) in [7, 11) is 0. The molecule has 1 aliphatic carbocycles. The molecule has 0 amide bonds. The number of aryl methyl sites for hydroxylation is 1. The molecule has 1 fully saturated rings. The molecule has 1 saturated carbocycles. The Balaban J connectivity index is 1.71. The molecule has 2 heterocycles. The van der Waals surface area contributed by atoms with Crippen molar-refractivity contribution in [3.63, 3.8) is 0 Å². The van der Waals surface area contributed by atoms with Crippen LogP contribution >= 0.6 is 0 Å². The third-order valence-electron chi connectivity index (χ3n) is 5.25.